The molecule has 0 saturated heterocycles. The minimum atomic E-state index is -0.156. The Morgan fingerprint density at radius 1 is 1.30 bits per heavy atom. The van der Waals surface area contributed by atoms with Crippen molar-refractivity contribution in [1.82, 2.24) is 0 Å². The number of rotatable bonds is 4. The SMILES string of the molecule is Cc1ccc(F)c2c1N(CCC(=O)Nc1sc3c(c1C#N)CCC3)CCC2. The lowest BCUT2D eigenvalue weighted by Crippen LogP contribution is -2.33. The molecule has 140 valence electrons. The summed E-state index contributed by atoms with van der Waals surface area (Å²) >= 11 is 1.54. The zero-order chi connectivity index (χ0) is 19.0. The molecule has 1 aliphatic heterocycles. The van der Waals surface area contributed by atoms with E-state index in [9.17, 15) is 14.4 Å². The van der Waals surface area contributed by atoms with E-state index in [2.05, 4.69) is 16.3 Å². The molecule has 6 heteroatoms. The third kappa shape index (κ3) is 3.32. The van der Waals surface area contributed by atoms with Crippen LogP contribution in [-0.4, -0.2) is 19.0 Å². The van der Waals surface area contributed by atoms with Crippen molar-refractivity contribution in [3.05, 3.63) is 45.1 Å². The summed E-state index contributed by atoms with van der Waals surface area (Å²) in [6, 6.07) is 5.59. The number of halogens is 1. The number of amides is 1. The van der Waals surface area contributed by atoms with Gasteiger partial charge in [0, 0.05) is 35.6 Å². The van der Waals surface area contributed by atoms with Crippen LogP contribution in [0.5, 0.6) is 0 Å². The number of hydrogen-bond acceptors (Lipinski definition) is 4. The number of fused-ring (bicyclic) bond motifs is 2. The third-order valence-electron chi connectivity index (χ3n) is 5.49. The zero-order valence-corrected chi connectivity index (χ0v) is 16.2. The first-order valence-corrected chi connectivity index (χ1v) is 10.3. The molecule has 0 bridgehead atoms. The Balaban J connectivity index is 1.45. The van der Waals surface area contributed by atoms with Crippen LogP contribution in [0.15, 0.2) is 12.1 Å². The Morgan fingerprint density at radius 2 is 2.11 bits per heavy atom. The van der Waals surface area contributed by atoms with Gasteiger partial charge in [-0.1, -0.05) is 6.07 Å². The first kappa shape index (κ1) is 18.0. The normalized spacial score (nSPS) is 15.2. The van der Waals surface area contributed by atoms with Crippen LogP contribution in [0.2, 0.25) is 0 Å². The molecule has 4 nitrogen and oxygen atoms in total. The second kappa shape index (κ2) is 7.32. The molecule has 1 amide bonds. The predicted molar refractivity (Wildman–Crippen MR) is 106 cm³/mol. The van der Waals surface area contributed by atoms with Crippen LogP contribution in [0.3, 0.4) is 0 Å². The molecule has 2 aliphatic rings. The molecule has 1 aromatic carbocycles. The van der Waals surface area contributed by atoms with E-state index in [4.69, 9.17) is 0 Å². The van der Waals surface area contributed by atoms with Gasteiger partial charge in [0.15, 0.2) is 0 Å². The number of carbonyl (C=O) groups is 1. The summed E-state index contributed by atoms with van der Waals surface area (Å²) in [4.78, 5) is 15.9. The first-order chi connectivity index (χ1) is 13.1. The molecule has 0 saturated carbocycles. The van der Waals surface area contributed by atoms with Gasteiger partial charge in [0.2, 0.25) is 5.91 Å². The zero-order valence-electron chi connectivity index (χ0n) is 15.4. The Morgan fingerprint density at radius 3 is 2.93 bits per heavy atom. The van der Waals surface area contributed by atoms with Crippen molar-refractivity contribution in [2.24, 2.45) is 0 Å². The fraction of sp³-hybridized carbons (Fsp3) is 0.429. The van der Waals surface area contributed by atoms with Gasteiger partial charge in [0.1, 0.15) is 16.9 Å². The summed E-state index contributed by atoms with van der Waals surface area (Å²) in [6.07, 6.45) is 4.99. The summed E-state index contributed by atoms with van der Waals surface area (Å²) in [5.41, 5.74) is 4.52. The quantitative estimate of drug-likeness (QED) is 0.855. The molecule has 2 heterocycles. The predicted octanol–water partition coefficient (Wildman–Crippen LogP) is 4.34. The van der Waals surface area contributed by atoms with Gasteiger partial charge < -0.3 is 10.2 Å². The number of carbonyl (C=O) groups excluding carboxylic acids is 1. The average molecular weight is 383 g/mol. The maximum absolute atomic E-state index is 14.1. The Bertz CT molecular complexity index is 944. The standard InChI is InChI=1S/C21H22FN3OS/c1-13-7-8-17(22)15-5-3-10-25(20(13)15)11-9-19(26)24-21-16(12-23)14-4-2-6-18(14)27-21/h7-8H,2-6,9-11H2,1H3,(H,24,26). The van der Waals surface area contributed by atoms with Crippen molar-refractivity contribution in [3.63, 3.8) is 0 Å². The van der Waals surface area contributed by atoms with Crippen molar-refractivity contribution in [1.29, 1.82) is 5.26 Å². The molecule has 0 radical (unpaired) electrons. The summed E-state index contributed by atoms with van der Waals surface area (Å²) in [6.45, 7) is 3.38. The fourth-order valence-electron chi connectivity index (χ4n) is 4.23. The maximum atomic E-state index is 14.1. The van der Waals surface area contributed by atoms with Gasteiger partial charge in [-0.2, -0.15) is 5.26 Å². The number of anilines is 2. The van der Waals surface area contributed by atoms with Crippen LogP contribution in [0.25, 0.3) is 0 Å². The lowest BCUT2D eigenvalue weighted by molar-refractivity contribution is -0.116. The van der Waals surface area contributed by atoms with Crippen LogP contribution in [0.4, 0.5) is 15.1 Å². The van der Waals surface area contributed by atoms with Crippen LogP contribution in [0, 0.1) is 24.1 Å². The second-order valence-corrected chi connectivity index (χ2v) is 8.36. The third-order valence-corrected chi connectivity index (χ3v) is 6.70. The van der Waals surface area contributed by atoms with E-state index in [-0.39, 0.29) is 11.7 Å². The largest absolute Gasteiger partial charge is 0.370 e. The van der Waals surface area contributed by atoms with E-state index in [0.717, 1.165) is 61.0 Å². The maximum Gasteiger partial charge on any atom is 0.226 e. The number of nitrogens with one attached hydrogen (secondary N) is 1. The molecular formula is C21H22FN3OS. The first-order valence-electron chi connectivity index (χ1n) is 9.46. The highest BCUT2D eigenvalue weighted by molar-refractivity contribution is 7.16. The number of nitrogens with zero attached hydrogens (tertiary/aromatic N) is 2. The minimum absolute atomic E-state index is 0.0902. The fourth-order valence-corrected chi connectivity index (χ4v) is 5.48. The topological polar surface area (TPSA) is 56.1 Å². The van der Waals surface area contributed by atoms with Crippen LogP contribution in [-0.2, 0) is 24.1 Å². The van der Waals surface area contributed by atoms with E-state index < -0.39 is 0 Å². The van der Waals surface area contributed by atoms with Gasteiger partial charge >= 0.3 is 0 Å². The lowest BCUT2D eigenvalue weighted by Gasteiger charge is -2.33. The summed E-state index contributed by atoms with van der Waals surface area (Å²) in [7, 11) is 0. The van der Waals surface area contributed by atoms with Crippen molar-refractivity contribution in [2.75, 3.05) is 23.3 Å². The molecule has 4 rings (SSSR count). The summed E-state index contributed by atoms with van der Waals surface area (Å²) in [5, 5.41) is 13.1. The monoisotopic (exact) mass is 383 g/mol. The highest BCUT2D eigenvalue weighted by atomic mass is 32.1. The highest BCUT2D eigenvalue weighted by Crippen LogP contribution is 2.38. The number of benzene rings is 1. The highest BCUT2D eigenvalue weighted by Gasteiger charge is 2.24. The van der Waals surface area contributed by atoms with E-state index in [1.807, 2.05) is 6.92 Å². The van der Waals surface area contributed by atoms with Crippen LogP contribution in [0.1, 0.15) is 46.4 Å². The molecule has 0 unspecified atom stereocenters. The minimum Gasteiger partial charge on any atom is -0.370 e. The van der Waals surface area contributed by atoms with Gasteiger partial charge in [0.05, 0.1) is 5.56 Å². The molecule has 0 fully saturated rings. The van der Waals surface area contributed by atoms with Crippen molar-refractivity contribution >= 4 is 27.9 Å². The van der Waals surface area contributed by atoms with Gasteiger partial charge in [-0.15, -0.1) is 11.3 Å². The molecule has 1 aliphatic carbocycles. The van der Waals surface area contributed by atoms with Crippen LogP contribution < -0.4 is 10.2 Å². The summed E-state index contributed by atoms with van der Waals surface area (Å²) in [5.74, 6) is -0.246. The Hall–Kier alpha value is -2.39. The number of aryl methyl sites for hydroxylation is 2. The number of thiophene rings is 1. The van der Waals surface area contributed by atoms with E-state index in [0.29, 0.717) is 23.5 Å². The van der Waals surface area contributed by atoms with Crippen molar-refractivity contribution in [3.8, 4) is 6.07 Å². The molecule has 0 atom stereocenters. The molecule has 1 aromatic heterocycles. The molecule has 0 spiro atoms. The van der Waals surface area contributed by atoms with Crippen molar-refractivity contribution < 1.29 is 9.18 Å². The lowest BCUT2D eigenvalue weighted by atomic mass is 9.97. The second-order valence-electron chi connectivity index (χ2n) is 7.25. The number of hydrogen-bond donors (Lipinski definition) is 1. The Kier molecular flexibility index (Phi) is 4.88. The molecular weight excluding hydrogens is 361 g/mol. The summed E-state index contributed by atoms with van der Waals surface area (Å²) < 4.78 is 14.1. The van der Waals surface area contributed by atoms with Gasteiger partial charge in [-0.3, -0.25) is 4.79 Å². The van der Waals surface area contributed by atoms with Crippen molar-refractivity contribution in [2.45, 2.75) is 45.4 Å². The van der Waals surface area contributed by atoms with Gasteiger partial charge in [-0.05, 0) is 56.2 Å². The average Bonchev–Trinajstić information content (AvgIpc) is 3.23. The molecule has 1 N–H and O–H groups in total. The molecule has 2 aromatic rings. The molecule has 27 heavy (non-hydrogen) atoms. The van der Waals surface area contributed by atoms with Gasteiger partial charge in [-0.25, -0.2) is 4.39 Å². The van der Waals surface area contributed by atoms with E-state index in [1.165, 1.54) is 22.3 Å². The van der Waals surface area contributed by atoms with E-state index in [1.54, 1.807) is 6.07 Å². The number of nitriles is 1. The van der Waals surface area contributed by atoms with Gasteiger partial charge in [0.25, 0.3) is 0 Å². The smallest absolute Gasteiger partial charge is 0.226 e. The van der Waals surface area contributed by atoms with E-state index >= 15 is 0 Å². The van der Waals surface area contributed by atoms with Crippen LogP contribution >= 0.6 is 11.3 Å². The Labute approximate surface area is 162 Å².